The van der Waals surface area contributed by atoms with Gasteiger partial charge in [0.05, 0.1) is 13.1 Å². The molecule has 1 amide bonds. The molecule has 0 aromatic carbocycles. The van der Waals surface area contributed by atoms with Crippen molar-refractivity contribution in [2.45, 2.75) is 13.8 Å². The van der Waals surface area contributed by atoms with Gasteiger partial charge < -0.3 is 4.90 Å². The van der Waals surface area contributed by atoms with Crippen LogP contribution in [0.5, 0.6) is 0 Å². The van der Waals surface area contributed by atoms with Crippen molar-refractivity contribution in [3.63, 3.8) is 0 Å². The minimum atomic E-state index is 0.467. The molecule has 0 radical (unpaired) electrons. The van der Waals surface area contributed by atoms with Crippen molar-refractivity contribution in [1.29, 1.82) is 0 Å². The summed E-state index contributed by atoms with van der Waals surface area (Å²) in [6.07, 6.45) is 0.759. The van der Waals surface area contributed by atoms with Crippen LogP contribution in [0.1, 0.15) is 13.8 Å². The fraction of sp³-hybridized carbons (Fsp3) is 0.444. The first-order valence-corrected chi connectivity index (χ1v) is 3.33. The molecule has 0 atom stereocenters. The molecule has 0 N–H and O–H groups in total. The molecule has 2 nitrogen and oxygen atoms in total. The first-order valence-electron chi connectivity index (χ1n) is 3.33. The highest BCUT2D eigenvalue weighted by atomic mass is 16.1. The molecule has 0 rings (SSSR count). The molecule has 0 saturated carbocycles. The van der Waals surface area contributed by atoms with Crippen molar-refractivity contribution in [3.05, 3.63) is 0 Å². The van der Waals surface area contributed by atoms with Gasteiger partial charge in [0.15, 0.2) is 0 Å². The smallest absolute Gasteiger partial charge is 0.211 e. The second kappa shape index (κ2) is 6.71. The van der Waals surface area contributed by atoms with Crippen molar-refractivity contribution in [2.24, 2.45) is 0 Å². The van der Waals surface area contributed by atoms with Crippen LogP contribution in [0.4, 0.5) is 0 Å². The maximum absolute atomic E-state index is 10.3. The third kappa shape index (κ3) is 5.06. The van der Waals surface area contributed by atoms with E-state index in [4.69, 9.17) is 0 Å². The summed E-state index contributed by atoms with van der Waals surface area (Å²) in [5.74, 6) is 11.0. The molecule has 0 aromatic rings. The Morgan fingerprint density at radius 1 is 1.18 bits per heavy atom. The standard InChI is InChI=1S/C9H11NO/c1-3-5-7-10(9-11)8-6-4-2/h9H,7-8H2,1-2H3. The molecule has 0 bridgehead atoms. The average Bonchev–Trinajstić information content (AvgIpc) is 2.05. The van der Waals surface area contributed by atoms with Crippen LogP contribution < -0.4 is 0 Å². The molecule has 0 aromatic heterocycles. The van der Waals surface area contributed by atoms with Gasteiger partial charge in [-0.1, -0.05) is 11.8 Å². The van der Waals surface area contributed by atoms with Crippen LogP contribution >= 0.6 is 0 Å². The van der Waals surface area contributed by atoms with Gasteiger partial charge >= 0.3 is 0 Å². The molecular formula is C9H11NO. The molecule has 0 aliphatic rings. The summed E-state index contributed by atoms with van der Waals surface area (Å²) in [5.41, 5.74) is 0. The first kappa shape index (κ1) is 9.59. The van der Waals surface area contributed by atoms with E-state index in [9.17, 15) is 4.79 Å². The lowest BCUT2D eigenvalue weighted by atomic mass is 10.5. The highest BCUT2D eigenvalue weighted by Gasteiger charge is 1.92. The number of hydrogen-bond donors (Lipinski definition) is 0. The summed E-state index contributed by atoms with van der Waals surface area (Å²) < 4.78 is 0. The van der Waals surface area contributed by atoms with Crippen LogP contribution in [-0.2, 0) is 4.79 Å². The number of amides is 1. The van der Waals surface area contributed by atoms with E-state index < -0.39 is 0 Å². The Labute approximate surface area is 67.6 Å². The molecule has 0 fully saturated rings. The van der Waals surface area contributed by atoms with Gasteiger partial charge in [-0.3, -0.25) is 4.79 Å². The van der Waals surface area contributed by atoms with E-state index in [1.54, 1.807) is 13.8 Å². The van der Waals surface area contributed by atoms with E-state index in [-0.39, 0.29) is 0 Å². The van der Waals surface area contributed by atoms with Crippen LogP contribution in [0.15, 0.2) is 0 Å². The second-order valence-corrected chi connectivity index (χ2v) is 1.86. The molecule has 0 aliphatic carbocycles. The Morgan fingerprint density at radius 3 is 1.91 bits per heavy atom. The van der Waals surface area contributed by atoms with E-state index in [1.165, 1.54) is 4.90 Å². The quantitative estimate of drug-likeness (QED) is 0.422. The summed E-state index contributed by atoms with van der Waals surface area (Å²) in [7, 11) is 0. The molecule has 0 saturated heterocycles. The molecule has 2 heteroatoms. The third-order valence-electron chi connectivity index (χ3n) is 1.07. The van der Waals surface area contributed by atoms with Gasteiger partial charge in [-0.2, -0.15) is 0 Å². The van der Waals surface area contributed by atoms with Gasteiger partial charge in [0.1, 0.15) is 0 Å². The van der Waals surface area contributed by atoms with Crippen molar-refractivity contribution < 1.29 is 4.79 Å². The van der Waals surface area contributed by atoms with E-state index >= 15 is 0 Å². The van der Waals surface area contributed by atoms with Crippen LogP contribution in [-0.4, -0.2) is 24.4 Å². The maximum atomic E-state index is 10.3. The van der Waals surface area contributed by atoms with E-state index in [1.807, 2.05) is 0 Å². The molecule has 58 valence electrons. The minimum Gasteiger partial charge on any atom is -0.323 e. The fourth-order valence-electron chi connectivity index (χ4n) is 0.492. The van der Waals surface area contributed by atoms with E-state index in [0.29, 0.717) is 13.1 Å². The summed E-state index contributed by atoms with van der Waals surface area (Å²) in [4.78, 5) is 11.8. The van der Waals surface area contributed by atoms with Gasteiger partial charge in [0.2, 0.25) is 6.41 Å². The highest BCUT2D eigenvalue weighted by Crippen LogP contribution is 1.78. The number of rotatable bonds is 3. The van der Waals surface area contributed by atoms with Gasteiger partial charge in [-0.25, -0.2) is 0 Å². The zero-order chi connectivity index (χ0) is 8.53. The third-order valence-corrected chi connectivity index (χ3v) is 1.07. The summed E-state index contributed by atoms with van der Waals surface area (Å²) >= 11 is 0. The number of carbonyl (C=O) groups is 1. The fourth-order valence-corrected chi connectivity index (χ4v) is 0.492. The summed E-state index contributed by atoms with van der Waals surface area (Å²) in [6, 6.07) is 0. The Balaban J connectivity index is 3.78. The largest absolute Gasteiger partial charge is 0.323 e. The van der Waals surface area contributed by atoms with Crippen LogP contribution in [0.2, 0.25) is 0 Å². The predicted molar refractivity (Wildman–Crippen MR) is 44.5 cm³/mol. The number of carbonyl (C=O) groups excluding carboxylic acids is 1. The zero-order valence-corrected chi connectivity index (χ0v) is 6.85. The van der Waals surface area contributed by atoms with Crippen LogP contribution in [0.25, 0.3) is 0 Å². The predicted octanol–water partition coefficient (Wildman–Crippen LogP) is 0.491. The Hall–Kier alpha value is -1.41. The second-order valence-electron chi connectivity index (χ2n) is 1.86. The maximum Gasteiger partial charge on any atom is 0.211 e. The van der Waals surface area contributed by atoms with Crippen molar-refractivity contribution in [3.8, 4) is 23.7 Å². The zero-order valence-electron chi connectivity index (χ0n) is 6.85. The van der Waals surface area contributed by atoms with Gasteiger partial charge in [0.25, 0.3) is 0 Å². The van der Waals surface area contributed by atoms with Crippen molar-refractivity contribution >= 4 is 6.41 Å². The van der Waals surface area contributed by atoms with E-state index in [2.05, 4.69) is 23.7 Å². The Morgan fingerprint density at radius 2 is 1.64 bits per heavy atom. The normalized spacial score (nSPS) is 6.73. The molecule has 0 spiro atoms. The van der Waals surface area contributed by atoms with Gasteiger partial charge in [-0.05, 0) is 13.8 Å². The Kier molecular flexibility index (Phi) is 5.85. The summed E-state index contributed by atoms with van der Waals surface area (Å²) in [5, 5.41) is 0. The molecular weight excluding hydrogens is 138 g/mol. The van der Waals surface area contributed by atoms with Crippen LogP contribution in [0.3, 0.4) is 0 Å². The van der Waals surface area contributed by atoms with E-state index in [0.717, 1.165) is 6.41 Å². The molecule has 0 heterocycles. The summed E-state index contributed by atoms with van der Waals surface area (Å²) in [6.45, 7) is 4.42. The first-order chi connectivity index (χ1) is 5.35. The number of hydrogen-bond acceptors (Lipinski definition) is 1. The lowest BCUT2D eigenvalue weighted by Crippen LogP contribution is -2.22. The van der Waals surface area contributed by atoms with Gasteiger partial charge in [0, 0.05) is 0 Å². The SMILES string of the molecule is CC#CCN(C=O)CC#CC. The van der Waals surface area contributed by atoms with Gasteiger partial charge in [-0.15, -0.1) is 11.8 Å². The topological polar surface area (TPSA) is 20.3 Å². The molecule has 0 aliphatic heterocycles. The van der Waals surface area contributed by atoms with Crippen molar-refractivity contribution in [2.75, 3.05) is 13.1 Å². The lowest BCUT2D eigenvalue weighted by Gasteiger charge is -2.07. The molecule has 11 heavy (non-hydrogen) atoms. The number of nitrogens with zero attached hydrogens (tertiary/aromatic N) is 1. The van der Waals surface area contributed by atoms with Crippen molar-refractivity contribution in [1.82, 2.24) is 4.90 Å². The molecule has 0 unspecified atom stereocenters. The monoisotopic (exact) mass is 149 g/mol. The lowest BCUT2D eigenvalue weighted by molar-refractivity contribution is -0.117. The Bertz CT molecular complexity index is 201. The van der Waals surface area contributed by atoms with Crippen LogP contribution in [0, 0.1) is 23.7 Å². The average molecular weight is 149 g/mol. The highest BCUT2D eigenvalue weighted by molar-refractivity contribution is 5.48. The minimum absolute atomic E-state index is 0.467.